The summed E-state index contributed by atoms with van der Waals surface area (Å²) in [7, 11) is 1.57. The van der Waals surface area contributed by atoms with Crippen molar-refractivity contribution in [3.05, 3.63) is 47.2 Å². The van der Waals surface area contributed by atoms with Gasteiger partial charge in [0, 0.05) is 6.08 Å². The van der Waals surface area contributed by atoms with Crippen LogP contribution in [0.2, 0.25) is 0 Å². The molecule has 1 aromatic rings. The van der Waals surface area contributed by atoms with Crippen molar-refractivity contribution >= 4 is 24.0 Å². The van der Waals surface area contributed by atoms with E-state index >= 15 is 0 Å². The monoisotopic (exact) mass is 374 g/mol. The summed E-state index contributed by atoms with van der Waals surface area (Å²) in [6.45, 7) is 3.27. The van der Waals surface area contributed by atoms with Gasteiger partial charge in [0.2, 0.25) is 0 Å². The molecule has 27 heavy (non-hydrogen) atoms. The molecule has 0 radical (unpaired) electrons. The Morgan fingerprint density at radius 3 is 2.52 bits per heavy atom. The minimum absolute atomic E-state index is 0.195. The molecule has 0 saturated heterocycles. The average molecular weight is 374 g/mol. The van der Waals surface area contributed by atoms with Gasteiger partial charge in [-0.2, -0.15) is 0 Å². The lowest BCUT2D eigenvalue weighted by Gasteiger charge is -2.26. The van der Waals surface area contributed by atoms with Crippen LogP contribution in [-0.4, -0.2) is 44.3 Å². The zero-order chi connectivity index (χ0) is 19.8. The maximum Gasteiger partial charge on any atom is 0.338 e. The van der Waals surface area contributed by atoms with Crippen molar-refractivity contribution in [3.8, 4) is 5.75 Å². The second-order valence-corrected chi connectivity index (χ2v) is 5.65. The largest absolute Gasteiger partial charge is 0.497 e. The topological polar surface area (TPSA) is 103 Å². The normalized spacial score (nSPS) is 16.6. The highest BCUT2D eigenvalue weighted by molar-refractivity contribution is 5.95. The summed E-state index contributed by atoms with van der Waals surface area (Å²) in [5.74, 6) is -0.469. The Kier molecular flexibility index (Phi) is 6.99. The summed E-state index contributed by atoms with van der Waals surface area (Å²) >= 11 is 0. The third-order valence-electron chi connectivity index (χ3n) is 3.75. The van der Waals surface area contributed by atoms with Crippen molar-refractivity contribution < 1.29 is 28.6 Å². The first-order valence-electron chi connectivity index (χ1n) is 8.41. The molecule has 2 N–H and O–H groups in total. The van der Waals surface area contributed by atoms with Crippen LogP contribution in [0.3, 0.4) is 0 Å². The predicted molar refractivity (Wildman–Crippen MR) is 97.8 cm³/mol. The van der Waals surface area contributed by atoms with Gasteiger partial charge in [-0.15, -0.1) is 0 Å². The highest BCUT2D eigenvalue weighted by atomic mass is 16.5. The number of methoxy groups -OCH3 is 1. The van der Waals surface area contributed by atoms with E-state index in [1.54, 1.807) is 51.3 Å². The molecule has 0 aromatic heterocycles. The molecule has 1 aliphatic rings. The highest BCUT2D eigenvalue weighted by Crippen LogP contribution is 2.15. The highest BCUT2D eigenvalue weighted by Gasteiger charge is 2.30. The standard InChI is InChI=1S/C19H22N2O6/c1-4-26-18(23)17-12(2)20-19(24)21-15(17)11-27-16(22)10-7-13-5-8-14(25-3)9-6-13/h5-10,12H,4,11H2,1-3H3,(H2,20,21,24)/b10-7+/t12-/m0/s1. The smallest absolute Gasteiger partial charge is 0.338 e. The van der Waals surface area contributed by atoms with Gasteiger partial charge in [0.15, 0.2) is 0 Å². The number of nitrogens with one attached hydrogen (secondary N) is 2. The number of benzene rings is 1. The molecule has 1 aliphatic heterocycles. The molecule has 0 spiro atoms. The van der Waals surface area contributed by atoms with Crippen LogP contribution in [-0.2, 0) is 19.1 Å². The minimum atomic E-state index is -0.609. The van der Waals surface area contributed by atoms with Crippen molar-refractivity contribution in [1.82, 2.24) is 10.6 Å². The second kappa shape index (κ2) is 9.42. The third-order valence-corrected chi connectivity index (χ3v) is 3.75. The SMILES string of the molecule is CCOC(=O)C1=C(COC(=O)/C=C/c2ccc(OC)cc2)NC(=O)N[C@H]1C. The van der Waals surface area contributed by atoms with Gasteiger partial charge in [0.25, 0.3) is 0 Å². The van der Waals surface area contributed by atoms with Gasteiger partial charge in [-0.25, -0.2) is 14.4 Å². The Morgan fingerprint density at radius 2 is 1.89 bits per heavy atom. The van der Waals surface area contributed by atoms with E-state index in [0.29, 0.717) is 5.75 Å². The molecule has 144 valence electrons. The number of urea groups is 1. The van der Waals surface area contributed by atoms with Crippen molar-refractivity contribution in [3.63, 3.8) is 0 Å². The van der Waals surface area contributed by atoms with E-state index < -0.39 is 24.0 Å². The number of esters is 2. The molecular formula is C19H22N2O6. The van der Waals surface area contributed by atoms with Crippen LogP contribution in [0.1, 0.15) is 19.4 Å². The Balaban J connectivity index is 2.03. The molecule has 0 saturated carbocycles. The maximum atomic E-state index is 12.1. The van der Waals surface area contributed by atoms with Crippen molar-refractivity contribution in [2.24, 2.45) is 0 Å². The van der Waals surface area contributed by atoms with Crippen LogP contribution in [0.5, 0.6) is 5.75 Å². The molecule has 8 nitrogen and oxygen atoms in total. The molecule has 0 fully saturated rings. The first-order valence-corrected chi connectivity index (χ1v) is 8.41. The van der Waals surface area contributed by atoms with Gasteiger partial charge in [0.05, 0.1) is 31.0 Å². The summed E-state index contributed by atoms with van der Waals surface area (Å²) in [6, 6.07) is 6.09. The fraction of sp³-hybridized carbons (Fsp3) is 0.316. The van der Waals surface area contributed by atoms with Crippen LogP contribution >= 0.6 is 0 Å². The maximum absolute atomic E-state index is 12.1. The summed E-state index contributed by atoms with van der Waals surface area (Å²) in [5, 5.41) is 5.06. The van der Waals surface area contributed by atoms with Crippen LogP contribution in [0.25, 0.3) is 6.08 Å². The van der Waals surface area contributed by atoms with Gasteiger partial charge >= 0.3 is 18.0 Å². The van der Waals surface area contributed by atoms with Gasteiger partial charge in [0.1, 0.15) is 12.4 Å². The van der Waals surface area contributed by atoms with E-state index in [1.165, 1.54) is 6.08 Å². The summed E-state index contributed by atoms with van der Waals surface area (Å²) < 4.78 is 15.2. The number of hydrogen-bond donors (Lipinski definition) is 2. The van der Waals surface area contributed by atoms with E-state index in [4.69, 9.17) is 14.2 Å². The summed E-state index contributed by atoms with van der Waals surface area (Å²) in [4.78, 5) is 35.7. The van der Waals surface area contributed by atoms with Gasteiger partial charge < -0.3 is 24.8 Å². The number of carbonyl (C=O) groups excluding carboxylic acids is 3. The quantitative estimate of drug-likeness (QED) is 0.557. The molecule has 1 aromatic carbocycles. The Bertz CT molecular complexity index is 767. The number of amides is 2. The van der Waals surface area contributed by atoms with E-state index in [9.17, 15) is 14.4 Å². The Labute approximate surface area is 157 Å². The molecule has 2 rings (SSSR count). The van der Waals surface area contributed by atoms with Crippen molar-refractivity contribution in [2.45, 2.75) is 19.9 Å². The molecule has 1 atom stereocenters. The third kappa shape index (κ3) is 5.60. The van der Waals surface area contributed by atoms with E-state index in [-0.39, 0.29) is 24.5 Å². The predicted octanol–water partition coefficient (Wildman–Crippen LogP) is 1.77. The molecule has 0 aliphatic carbocycles. The fourth-order valence-corrected chi connectivity index (χ4v) is 2.46. The molecule has 0 unspecified atom stereocenters. The van der Waals surface area contributed by atoms with E-state index in [0.717, 1.165) is 5.56 Å². The summed E-state index contributed by atoms with van der Waals surface area (Å²) in [6.07, 6.45) is 2.85. The molecule has 2 amide bonds. The van der Waals surface area contributed by atoms with Crippen molar-refractivity contribution in [2.75, 3.05) is 20.3 Å². The van der Waals surface area contributed by atoms with Crippen LogP contribution in [0, 0.1) is 0 Å². The second-order valence-electron chi connectivity index (χ2n) is 5.65. The zero-order valence-electron chi connectivity index (χ0n) is 15.4. The zero-order valence-corrected chi connectivity index (χ0v) is 15.4. The lowest BCUT2D eigenvalue weighted by molar-refractivity contribution is -0.140. The van der Waals surface area contributed by atoms with Crippen LogP contribution < -0.4 is 15.4 Å². The number of rotatable bonds is 7. The first-order chi connectivity index (χ1) is 12.9. The van der Waals surface area contributed by atoms with Crippen LogP contribution in [0.15, 0.2) is 41.6 Å². The summed E-state index contributed by atoms with van der Waals surface area (Å²) in [5.41, 5.74) is 1.22. The van der Waals surface area contributed by atoms with E-state index in [1.807, 2.05) is 0 Å². The Morgan fingerprint density at radius 1 is 1.19 bits per heavy atom. The number of hydrogen-bond acceptors (Lipinski definition) is 6. The minimum Gasteiger partial charge on any atom is -0.497 e. The lowest BCUT2D eigenvalue weighted by atomic mass is 10.0. The molecule has 0 bridgehead atoms. The molecule has 8 heteroatoms. The number of ether oxygens (including phenoxy) is 3. The van der Waals surface area contributed by atoms with Gasteiger partial charge in [-0.1, -0.05) is 12.1 Å². The average Bonchev–Trinajstić information content (AvgIpc) is 2.64. The lowest BCUT2D eigenvalue weighted by Crippen LogP contribution is -2.50. The fourth-order valence-electron chi connectivity index (χ4n) is 2.46. The van der Waals surface area contributed by atoms with Crippen LogP contribution in [0.4, 0.5) is 4.79 Å². The first kappa shape index (κ1) is 20.0. The Hall–Kier alpha value is -3.29. The van der Waals surface area contributed by atoms with Gasteiger partial charge in [-0.3, -0.25) is 0 Å². The van der Waals surface area contributed by atoms with E-state index in [2.05, 4.69) is 10.6 Å². The molecule has 1 heterocycles. The van der Waals surface area contributed by atoms with Crippen molar-refractivity contribution in [1.29, 1.82) is 0 Å². The molecular weight excluding hydrogens is 352 g/mol. The number of carbonyl (C=O) groups is 3. The van der Waals surface area contributed by atoms with Gasteiger partial charge in [-0.05, 0) is 37.6 Å².